The van der Waals surface area contributed by atoms with Gasteiger partial charge in [-0.3, -0.25) is 9.78 Å². The molecule has 1 saturated carbocycles. The molecule has 0 saturated heterocycles. The lowest BCUT2D eigenvalue weighted by Crippen LogP contribution is -2.15. The number of pyridine rings is 1. The summed E-state index contributed by atoms with van der Waals surface area (Å²) < 4.78 is 0. The van der Waals surface area contributed by atoms with Gasteiger partial charge in [0, 0.05) is 25.2 Å². The van der Waals surface area contributed by atoms with Crippen LogP contribution in [0.1, 0.15) is 31.7 Å². The van der Waals surface area contributed by atoms with Gasteiger partial charge in [0.1, 0.15) is 5.78 Å². The normalized spacial score (nSPS) is 25.9. The topological polar surface area (TPSA) is 30.0 Å². The van der Waals surface area contributed by atoms with Crippen molar-refractivity contribution in [3.05, 3.63) is 29.0 Å². The Hall–Kier alpha value is -0.890. The third-order valence-corrected chi connectivity index (χ3v) is 3.45. The highest BCUT2D eigenvalue weighted by Gasteiger charge is 2.34. The minimum Gasteiger partial charge on any atom is -0.300 e. The number of halogens is 1. The molecule has 3 heteroatoms. The molecule has 1 aliphatic rings. The van der Waals surface area contributed by atoms with Gasteiger partial charge in [0.2, 0.25) is 0 Å². The van der Waals surface area contributed by atoms with E-state index in [-0.39, 0.29) is 5.41 Å². The lowest BCUT2D eigenvalue weighted by atomic mass is 9.82. The smallest absolute Gasteiger partial charge is 0.133 e. The van der Waals surface area contributed by atoms with Crippen LogP contribution in [0.4, 0.5) is 0 Å². The molecule has 1 heterocycles. The molecular weight excluding hydrogens is 210 g/mol. The van der Waals surface area contributed by atoms with E-state index in [1.54, 1.807) is 12.4 Å². The quantitative estimate of drug-likeness (QED) is 0.772. The van der Waals surface area contributed by atoms with Gasteiger partial charge in [-0.05, 0) is 29.9 Å². The summed E-state index contributed by atoms with van der Waals surface area (Å²) in [5, 5.41) is 0.707. The Morgan fingerprint density at radius 3 is 3.00 bits per heavy atom. The number of hydrogen-bond donors (Lipinski definition) is 0. The number of hydrogen-bond acceptors (Lipinski definition) is 2. The van der Waals surface area contributed by atoms with Crippen LogP contribution >= 0.6 is 11.6 Å². The second kappa shape index (κ2) is 3.93. The van der Waals surface area contributed by atoms with E-state index >= 15 is 0 Å². The van der Waals surface area contributed by atoms with Gasteiger partial charge in [-0.1, -0.05) is 18.5 Å². The summed E-state index contributed by atoms with van der Waals surface area (Å²) in [6.07, 6.45) is 6.67. The lowest BCUT2D eigenvalue weighted by Gasteiger charge is -2.22. The Morgan fingerprint density at radius 1 is 1.60 bits per heavy atom. The molecule has 0 aliphatic heterocycles. The minimum absolute atomic E-state index is 0.0993. The van der Waals surface area contributed by atoms with Gasteiger partial charge >= 0.3 is 0 Å². The predicted molar refractivity (Wildman–Crippen MR) is 59.9 cm³/mol. The van der Waals surface area contributed by atoms with Crippen LogP contribution in [0.2, 0.25) is 5.02 Å². The van der Waals surface area contributed by atoms with Crippen molar-refractivity contribution in [2.75, 3.05) is 0 Å². The van der Waals surface area contributed by atoms with E-state index in [0.29, 0.717) is 17.2 Å². The first-order valence-electron chi connectivity index (χ1n) is 5.19. The highest BCUT2D eigenvalue weighted by Crippen LogP contribution is 2.39. The molecule has 1 aliphatic carbocycles. The van der Waals surface area contributed by atoms with Crippen molar-refractivity contribution < 1.29 is 4.79 Å². The fraction of sp³-hybridized carbons (Fsp3) is 0.500. The zero-order valence-corrected chi connectivity index (χ0v) is 9.55. The van der Waals surface area contributed by atoms with E-state index in [4.69, 9.17) is 11.6 Å². The average molecular weight is 224 g/mol. The van der Waals surface area contributed by atoms with Crippen LogP contribution in [-0.2, 0) is 11.2 Å². The Kier molecular flexibility index (Phi) is 2.79. The Bertz CT molecular complexity index is 391. The Morgan fingerprint density at radius 2 is 2.40 bits per heavy atom. The second-order valence-electron chi connectivity index (χ2n) is 4.67. The number of aromatic nitrogens is 1. The van der Waals surface area contributed by atoms with Crippen molar-refractivity contribution in [2.24, 2.45) is 5.41 Å². The van der Waals surface area contributed by atoms with Crippen LogP contribution < -0.4 is 0 Å². The molecule has 0 N–H and O–H groups in total. The second-order valence-corrected chi connectivity index (χ2v) is 5.08. The van der Waals surface area contributed by atoms with E-state index < -0.39 is 0 Å². The standard InChI is InChI=1S/C12H14ClNO/c1-12(4-2-10(15)7-12)6-9-3-5-14-8-11(9)13/h3,5,8H,2,4,6-7H2,1H3. The maximum absolute atomic E-state index is 11.3. The van der Waals surface area contributed by atoms with E-state index in [1.807, 2.05) is 6.07 Å². The Labute approximate surface area is 94.7 Å². The summed E-state index contributed by atoms with van der Waals surface area (Å²) >= 11 is 6.05. The summed E-state index contributed by atoms with van der Waals surface area (Å²) in [6.45, 7) is 2.16. The molecular formula is C12H14ClNO. The zero-order chi connectivity index (χ0) is 10.9. The van der Waals surface area contributed by atoms with Crippen LogP contribution in [0.3, 0.4) is 0 Å². The molecule has 0 amide bonds. The molecule has 1 atom stereocenters. The number of carbonyl (C=O) groups is 1. The molecule has 0 bridgehead atoms. The van der Waals surface area contributed by atoms with Gasteiger partial charge in [0.15, 0.2) is 0 Å². The number of Topliss-reactive ketones (excluding diaryl/α,β-unsaturated/α-hetero) is 1. The summed E-state index contributed by atoms with van der Waals surface area (Å²) in [6, 6.07) is 1.94. The van der Waals surface area contributed by atoms with Gasteiger partial charge in [-0.15, -0.1) is 0 Å². The van der Waals surface area contributed by atoms with Crippen LogP contribution in [0.25, 0.3) is 0 Å². The molecule has 1 unspecified atom stereocenters. The molecule has 0 radical (unpaired) electrons. The van der Waals surface area contributed by atoms with Crippen LogP contribution in [0.5, 0.6) is 0 Å². The number of carbonyl (C=O) groups excluding carboxylic acids is 1. The summed E-state index contributed by atoms with van der Waals surface area (Å²) in [7, 11) is 0. The third-order valence-electron chi connectivity index (χ3n) is 3.10. The number of ketones is 1. The van der Waals surface area contributed by atoms with Crippen molar-refractivity contribution in [1.29, 1.82) is 0 Å². The molecule has 2 rings (SSSR count). The van der Waals surface area contributed by atoms with Crippen molar-refractivity contribution in [2.45, 2.75) is 32.6 Å². The largest absolute Gasteiger partial charge is 0.300 e. The average Bonchev–Trinajstić information content (AvgIpc) is 2.51. The van der Waals surface area contributed by atoms with Crippen molar-refractivity contribution in [3.63, 3.8) is 0 Å². The first-order valence-corrected chi connectivity index (χ1v) is 5.57. The van der Waals surface area contributed by atoms with E-state index in [0.717, 1.165) is 24.8 Å². The maximum Gasteiger partial charge on any atom is 0.133 e. The van der Waals surface area contributed by atoms with Gasteiger partial charge < -0.3 is 0 Å². The number of rotatable bonds is 2. The molecule has 0 spiro atoms. The van der Waals surface area contributed by atoms with Crippen LogP contribution in [0, 0.1) is 5.41 Å². The number of nitrogens with zero attached hydrogens (tertiary/aromatic N) is 1. The van der Waals surface area contributed by atoms with Crippen LogP contribution in [-0.4, -0.2) is 10.8 Å². The summed E-state index contributed by atoms with van der Waals surface area (Å²) in [5.41, 5.74) is 1.20. The van der Waals surface area contributed by atoms with E-state index in [1.165, 1.54) is 0 Å². The first-order chi connectivity index (χ1) is 7.09. The van der Waals surface area contributed by atoms with Crippen LogP contribution in [0.15, 0.2) is 18.5 Å². The van der Waals surface area contributed by atoms with E-state index in [2.05, 4.69) is 11.9 Å². The van der Waals surface area contributed by atoms with Crippen molar-refractivity contribution in [1.82, 2.24) is 4.98 Å². The zero-order valence-electron chi connectivity index (χ0n) is 8.79. The predicted octanol–water partition coefficient (Wildman–Crippen LogP) is 3.04. The van der Waals surface area contributed by atoms with E-state index in [9.17, 15) is 4.79 Å². The fourth-order valence-electron chi connectivity index (χ4n) is 2.25. The molecule has 1 fully saturated rings. The SMILES string of the molecule is CC1(Cc2ccncc2Cl)CCC(=O)C1. The third kappa shape index (κ3) is 2.37. The first kappa shape index (κ1) is 10.6. The highest BCUT2D eigenvalue weighted by atomic mass is 35.5. The molecule has 1 aromatic rings. The molecule has 80 valence electrons. The van der Waals surface area contributed by atoms with Gasteiger partial charge in [0.25, 0.3) is 0 Å². The van der Waals surface area contributed by atoms with Gasteiger partial charge in [-0.2, -0.15) is 0 Å². The summed E-state index contributed by atoms with van der Waals surface area (Å²) in [4.78, 5) is 15.2. The molecule has 15 heavy (non-hydrogen) atoms. The Balaban J connectivity index is 2.15. The monoisotopic (exact) mass is 223 g/mol. The van der Waals surface area contributed by atoms with Gasteiger partial charge in [-0.25, -0.2) is 0 Å². The molecule has 1 aromatic heterocycles. The van der Waals surface area contributed by atoms with Crippen molar-refractivity contribution in [3.8, 4) is 0 Å². The summed E-state index contributed by atoms with van der Waals surface area (Å²) in [5.74, 6) is 0.377. The lowest BCUT2D eigenvalue weighted by molar-refractivity contribution is -0.117. The fourth-order valence-corrected chi connectivity index (χ4v) is 2.44. The highest BCUT2D eigenvalue weighted by molar-refractivity contribution is 6.31. The van der Waals surface area contributed by atoms with Gasteiger partial charge in [0.05, 0.1) is 5.02 Å². The van der Waals surface area contributed by atoms with Crippen molar-refractivity contribution >= 4 is 17.4 Å². The molecule has 2 nitrogen and oxygen atoms in total. The maximum atomic E-state index is 11.3. The molecule has 0 aromatic carbocycles. The minimum atomic E-state index is 0.0993.